The molecule has 0 spiro atoms. The van der Waals surface area contributed by atoms with Gasteiger partial charge >= 0.3 is 0 Å². The average molecular weight is 199 g/mol. The lowest BCUT2D eigenvalue weighted by Gasteiger charge is -2.11. The van der Waals surface area contributed by atoms with Crippen LogP contribution in [0.2, 0.25) is 0 Å². The normalized spacial score (nSPS) is 12.5. The number of aryl methyl sites for hydroxylation is 1. The summed E-state index contributed by atoms with van der Waals surface area (Å²) in [7, 11) is 0. The SMILES string of the molecule is CCc1ccc(OC(C)CCl)cc1. The van der Waals surface area contributed by atoms with Gasteiger partial charge in [-0.25, -0.2) is 0 Å². The smallest absolute Gasteiger partial charge is 0.119 e. The van der Waals surface area contributed by atoms with Crippen molar-refractivity contribution < 1.29 is 4.74 Å². The first-order valence-corrected chi connectivity index (χ1v) is 5.11. The van der Waals surface area contributed by atoms with E-state index in [0.29, 0.717) is 5.88 Å². The van der Waals surface area contributed by atoms with Gasteiger partial charge in [0.2, 0.25) is 0 Å². The van der Waals surface area contributed by atoms with E-state index < -0.39 is 0 Å². The quantitative estimate of drug-likeness (QED) is 0.675. The van der Waals surface area contributed by atoms with E-state index in [1.54, 1.807) is 0 Å². The van der Waals surface area contributed by atoms with Gasteiger partial charge in [0.1, 0.15) is 11.9 Å². The molecule has 0 aliphatic rings. The second-order valence-corrected chi connectivity index (χ2v) is 3.39. The Morgan fingerprint density at radius 1 is 1.31 bits per heavy atom. The summed E-state index contributed by atoms with van der Waals surface area (Å²) in [6, 6.07) is 8.14. The first kappa shape index (κ1) is 10.4. The molecule has 0 bridgehead atoms. The molecule has 2 heteroatoms. The fourth-order valence-corrected chi connectivity index (χ4v) is 1.13. The Labute approximate surface area is 84.7 Å². The summed E-state index contributed by atoms with van der Waals surface area (Å²) in [5.41, 5.74) is 1.32. The number of halogens is 1. The minimum Gasteiger partial charge on any atom is -0.489 e. The minimum absolute atomic E-state index is 0.0779. The van der Waals surface area contributed by atoms with E-state index in [1.165, 1.54) is 5.56 Å². The molecule has 1 unspecified atom stereocenters. The van der Waals surface area contributed by atoms with E-state index in [9.17, 15) is 0 Å². The zero-order valence-corrected chi connectivity index (χ0v) is 8.84. The van der Waals surface area contributed by atoms with Gasteiger partial charge in [0.15, 0.2) is 0 Å². The number of benzene rings is 1. The summed E-state index contributed by atoms with van der Waals surface area (Å²) in [5, 5.41) is 0. The fraction of sp³-hybridized carbons (Fsp3) is 0.455. The van der Waals surface area contributed by atoms with Gasteiger partial charge in [-0.2, -0.15) is 0 Å². The van der Waals surface area contributed by atoms with Crippen molar-refractivity contribution in [2.24, 2.45) is 0 Å². The van der Waals surface area contributed by atoms with Gasteiger partial charge in [-0.1, -0.05) is 19.1 Å². The number of hydrogen-bond donors (Lipinski definition) is 0. The van der Waals surface area contributed by atoms with Crippen LogP contribution >= 0.6 is 11.6 Å². The van der Waals surface area contributed by atoms with Crippen LogP contribution in [0.5, 0.6) is 5.75 Å². The summed E-state index contributed by atoms with van der Waals surface area (Å²) in [6.45, 7) is 4.10. The molecule has 1 aromatic carbocycles. The molecule has 0 radical (unpaired) electrons. The van der Waals surface area contributed by atoms with Gasteiger partial charge in [-0.15, -0.1) is 11.6 Å². The predicted octanol–water partition coefficient (Wildman–Crippen LogP) is 3.26. The lowest BCUT2D eigenvalue weighted by molar-refractivity contribution is 0.245. The Kier molecular flexibility index (Phi) is 4.10. The van der Waals surface area contributed by atoms with Crippen molar-refractivity contribution in [3.05, 3.63) is 29.8 Å². The lowest BCUT2D eigenvalue weighted by Crippen LogP contribution is -2.12. The lowest BCUT2D eigenvalue weighted by atomic mass is 10.2. The molecule has 0 heterocycles. The Morgan fingerprint density at radius 2 is 1.92 bits per heavy atom. The second-order valence-electron chi connectivity index (χ2n) is 3.08. The zero-order valence-electron chi connectivity index (χ0n) is 8.09. The van der Waals surface area contributed by atoms with Crippen LogP contribution in [0.4, 0.5) is 0 Å². The molecular weight excluding hydrogens is 184 g/mol. The Hall–Kier alpha value is -0.690. The van der Waals surface area contributed by atoms with E-state index in [0.717, 1.165) is 12.2 Å². The van der Waals surface area contributed by atoms with Gasteiger partial charge in [-0.05, 0) is 31.0 Å². The van der Waals surface area contributed by atoms with Gasteiger partial charge in [-0.3, -0.25) is 0 Å². The predicted molar refractivity (Wildman–Crippen MR) is 56.6 cm³/mol. The first-order valence-electron chi connectivity index (χ1n) is 4.57. The topological polar surface area (TPSA) is 9.23 Å². The van der Waals surface area contributed by atoms with Gasteiger partial charge in [0.05, 0.1) is 5.88 Å². The number of alkyl halides is 1. The summed E-state index contributed by atoms with van der Waals surface area (Å²) in [6.07, 6.45) is 1.14. The highest BCUT2D eigenvalue weighted by atomic mass is 35.5. The fourth-order valence-electron chi connectivity index (χ4n) is 1.07. The van der Waals surface area contributed by atoms with Crippen LogP contribution in [0.25, 0.3) is 0 Å². The Morgan fingerprint density at radius 3 is 2.38 bits per heavy atom. The number of ether oxygens (including phenoxy) is 1. The largest absolute Gasteiger partial charge is 0.489 e. The molecule has 0 aromatic heterocycles. The molecule has 0 N–H and O–H groups in total. The van der Waals surface area contributed by atoms with E-state index in [4.69, 9.17) is 16.3 Å². The molecule has 1 nitrogen and oxygen atoms in total. The van der Waals surface area contributed by atoms with Crippen LogP contribution in [0.3, 0.4) is 0 Å². The minimum atomic E-state index is 0.0779. The first-order chi connectivity index (χ1) is 6.26. The molecule has 1 rings (SSSR count). The van der Waals surface area contributed by atoms with Crippen molar-refractivity contribution in [2.75, 3.05) is 5.88 Å². The summed E-state index contributed by atoms with van der Waals surface area (Å²) >= 11 is 5.64. The van der Waals surface area contributed by atoms with Crippen molar-refractivity contribution in [2.45, 2.75) is 26.4 Å². The maximum absolute atomic E-state index is 5.64. The zero-order chi connectivity index (χ0) is 9.68. The van der Waals surface area contributed by atoms with Crippen molar-refractivity contribution >= 4 is 11.6 Å². The standard InChI is InChI=1S/C11H15ClO/c1-3-10-4-6-11(7-5-10)13-9(2)8-12/h4-7,9H,3,8H2,1-2H3. The van der Waals surface area contributed by atoms with E-state index in [2.05, 4.69) is 19.1 Å². The van der Waals surface area contributed by atoms with E-state index in [1.807, 2.05) is 19.1 Å². The molecule has 0 aliphatic carbocycles. The van der Waals surface area contributed by atoms with Crippen LogP contribution < -0.4 is 4.74 Å². The van der Waals surface area contributed by atoms with E-state index in [-0.39, 0.29) is 6.10 Å². The number of rotatable bonds is 4. The maximum atomic E-state index is 5.64. The summed E-state index contributed by atoms with van der Waals surface area (Å²) in [5.74, 6) is 1.42. The van der Waals surface area contributed by atoms with Crippen molar-refractivity contribution in [3.63, 3.8) is 0 Å². The molecular formula is C11H15ClO. The van der Waals surface area contributed by atoms with Crippen LogP contribution in [0.1, 0.15) is 19.4 Å². The van der Waals surface area contributed by atoms with Crippen LogP contribution in [0.15, 0.2) is 24.3 Å². The van der Waals surface area contributed by atoms with Crippen LogP contribution in [-0.4, -0.2) is 12.0 Å². The Bertz CT molecular complexity index is 243. The van der Waals surface area contributed by atoms with Gasteiger partial charge < -0.3 is 4.74 Å². The van der Waals surface area contributed by atoms with Crippen molar-refractivity contribution in [1.82, 2.24) is 0 Å². The highest BCUT2D eigenvalue weighted by Crippen LogP contribution is 2.14. The van der Waals surface area contributed by atoms with Crippen molar-refractivity contribution in [1.29, 1.82) is 0 Å². The third-order valence-electron chi connectivity index (χ3n) is 1.89. The molecule has 0 fully saturated rings. The molecule has 0 saturated heterocycles. The van der Waals surface area contributed by atoms with E-state index >= 15 is 0 Å². The third kappa shape index (κ3) is 3.27. The molecule has 0 amide bonds. The van der Waals surface area contributed by atoms with Gasteiger partial charge in [0, 0.05) is 0 Å². The molecule has 1 atom stereocenters. The number of hydrogen-bond acceptors (Lipinski definition) is 1. The van der Waals surface area contributed by atoms with Crippen molar-refractivity contribution in [3.8, 4) is 5.75 Å². The highest BCUT2D eigenvalue weighted by molar-refractivity contribution is 6.18. The molecule has 0 aliphatic heterocycles. The molecule has 13 heavy (non-hydrogen) atoms. The second kappa shape index (κ2) is 5.13. The maximum Gasteiger partial charge on any atom is 0.119 e. The Balaban J connectivity index is 2.58. The van der Waals surface area contributed by atoms with Gasteiger partial charge in [0.25, 0.3) is 0 Å². The third-order valence-corrected chi connectivity index (χ3v) is 2.32. The molecule has 72 valence electrons. The monoisotopic (exact) mass is 198 g/mol. The van der Waals surface area contributed by atoms with Crippen LogP contribution in [0, 0.1) is 0 Å². The average Bonchev–Trinajstić information content (AvgIpc) is 2.19. The summed E-state index contributed by atoms with van der Waals surface area (Å²) in [4.78, 5) is 0. The van der Waals surface area contributed by atoms with Crippen LogP contribution in [-0.2, 0) is 6.42 Å². The summed E-state index contributed by atoms with van der Waals surface area (Å²) < 4.78 is 5.53. The molecule has 0 saturated carbocycles. The highest BCUT2D eigenvalue weighted by Gasteiger charge is 2.00. The molecule has 1 aromatic rings.